The summed E-state index contributed by atoms with van der Waals surface area (Å²) >= 11 is 5.99. The molecule has 3 aromatic carbocycles. The largest absolute Gasteiger partial charge is 0.496 e. The molecule has 0 heterocycles. The van der Waals surface area contributed by atoms with Gasteiger partial charge >= 0.3 is 0 Å². The first kappa shape index (κ1) is 29.3. The summed E-state index contributed by atoms with van der Waals surface area (Å²) in [5.74, 6) is 0.929. The monoisotopic (exact) mass is 558 g/mol. The molecule has 0 saturated carbocycles. The topological polar surface area (TPSA) is 84.9 Å². The molecule has 0 spiro atoms. The Morgan fingerprint density at radius 3 is 2.26 bits per heavy atom. The number of carbonyl (C=O) groups is 1. The molecular formula is C29H35ClN2O5S. The third-order valence-corrected chi connectivity index (χ3v) is 8.23. The lowest BCUT2D eigenvalue weighted by Crippen LogP contribution is -2.41. The minimum atomic E-state index is -4.12. The SMILES string of the molecule is CCOc1ccccc1N(CC(=O)N[C@@H](C)c1cc(C(C)C)c(OC)cc1C)S(=O)(=O)c1ccc(Cl)cc1. The zero-order valence-corrected chi connectivity index (χ0v) is 24.2. The molecule has 0 aromatic heterocycles. The Labute approximate surface area is 230 Å². The highest BCUT2D eigenvalue weighted by Crippen LogP contribution is 2.34. The molecule has 204 valence electrons. The van der Waals surface area contributed by atoms with Crippen molar-refractivity contribution in [2.45, 2.75) is 51.5 Å². The first-order chi connectivity index (χ1) is 18.0. The van der Waals surface area contributed by atoms with E-state index in [1.807, 2.05) is 32.9 Å². The number of para-hydroxylation sites is 2. The van der Waals surface area contributed by atoms with Gasteiger partial charge in [-0.2, -0.15) is 0 Å². The van der Waals surface area contributed by atoms with Crippen molar-refractivity contribution in [2.24, 2.45) is 0 Å². The zero-order valence-electron chi connectivity index (χ0n) is 22.6. The maximum absolute atomic E-state index is 13.8. The van der Waals surface area contributed by atoms with Crippen LogP contribution in [0.5, 0.6) is 11.5 Å². The van der Waals surface area contributed by atoms with E-state index >= 15 is 0 Å². The molecule has 3 rings (SSSR count). The minimum Gasteiger partial charge on any atom is -0.496 e. The highest BCUT2D eigenvalue weighted by atomic mass is 35.5. The Kier molecular flexibility index (Phi) is 9.68. The molecule has 3 aromatic rings. The van der Waals surface area contributed by atoms with Crippen LogP contribution in [0.3, 0.4) is 0 Å². The summed E-state index contributed by atoms with van der Waals surface area (Å²) in [5.41, 5.74) is 3.21. The number of amides is 1. The third-order valence-electron chi connectivity index (χ3n) is 6.21. The standard InChI is InChI=1S/C29H35ClN2O5S/c1-7-37-27-11-9-8-10-26(27)32(38(34,35)23-14-12-22(30)13-15-23)18-29(33)31-21(5)25-17-24(19(2)3)28(36-6)16-20(25)4/h8-17,19,21H,7,18H2,1-6H3,(H,31,33)/t21-/m0/s1. The molecule has 0 radical (unpaired) electrons. The van der Waals surface area contributed by atoms with E-state index in [1.54, 1.807) is 31.4 Å². The van der Waals surface area contributed by atoms with E-state index in [0.29, 0.717) is 17.4 Å². The van der Waals surface area contributed by atoms with Crippen molar-refractivity contribution in [3.8, 4) is 11.5 Å². The maximum Gasteiger partial charge on any atom is 0.264 e. The van der Waals surface area contributed by atoms with Crippen molar-refractivity contribution in [3.05, 3.63) is 82.4 Å². The molecule has 0 aliphatic carbocycles. The molecule has 0 fully saturated rings. The van der Waals surface area contributed by atoms with Crippen LogP contribution in [0.2, 0.25) is 5.02 Å². The molecule has 7 nitrogen and oxygen atoms in total. The van der Waals surface area contributed by atoms with E-state index in [-0.39, 0.29) is 22.5 Å². The van der Waals surface area contributed by atoms with Gasteiger partial charge in [0.15, 0.2) is 0 Å². The molecule has 9 heteroatoms. The number of methoxy groups -OCH3 is 1. The van der Waals surface area contributed by atoms with Crippen LogP contribution in [0.1, 0.15) is 56.3 Å². The minimum absolute atomic E-state index is 0.0154. The van der Waals surface area contributed by atoms with E-state index in [4.69, 9.17) is 21.1 Å². The molecule has 1 atom stereocenters. The number of aryl methyl sites for hydroxylation is 1. The fourth-order valence-corrected chi connectivity index (χ4v) is 5.84. The predicted molar refractivity (Wildman–Crippen MR) is 152 cm³/mol. The van der Waals surface area contributed by atoms with Crippen molar-refractivity contribution in [2.75, 3.05) is 24.6 Å². The summed E-state index contributed by atoms with van der Waals surface area (Å²) in [6, 6.07) is 16.2. The van der Waals surface area contributed by atoms with Gasteiger partial charge in [-0.3, -0.25) is 9.10 Å². The third kappa shape index (κ3) is 6.60. The summed E-state index contributed by atoms with van der Waals surface area (Å²) in [7, 11) is -2.48. The number of carbonyl (C=O) groups excluding carboxylic acids is 1. The fraction of sp³-hybridized carbons (Fsp3) is 0.345. The van der Waals surface area contributed by atoms with Gasteiger partial charge in [0.05, 0.1) is 30.3 Å². The molecule has 0 saturated heterocycles. The second-order valence-electron chi connectivity index (χ2n) is 9.26. The number of ether oxygens (including phenoxy) is 2. The summed E-state index contributed by atoms with van der Waals surface area (Å²) in [4.78, 5) is 13.4. The number of nitrogens with zero attached hydrogens (tertiary/aromatic N) is 1. The number of benzene rings is 3. The van der Waals surface area contributed by atoms with Gasteiger partial charge in [0, 0.05) is 5.02 Å². The number of rotatable bonds is 11. The van der Waals surface area contributed by atoms with Crippen LogP contribution >= 0.6 is 11.6 Å². The second kappa shape index (κ2) is 12.5. The Morgan fingerprint density at radius 2 is 1.66 bits per heavy atom. The van der Waals surface area contributed by atoms with Crippen LogP contribution in [0.25, 0.3) is 0 Å². The van der Waals surface area contributed by atoms with Gasteiger partial charge in [-0.15, -0.1) is 0 Å². The molecule has 0 unspecified atom stereocenters. The van der Waals surface area contributed by atoms with Crippen LogP contribution in [0.15, 0.2) is 65.6 Å². The zero-order chi connectivity index (χ0) is 28.0. The van der Waals surface area contributed by atoms with Crippen LogP contribution in [-0.2, 0) is 14.8 Å². The predicted octanol–water partition coefficient (Wildman–Crippen LogP) is 6.25. The average molecular weight is 559 g/mol. The number of anilines is 1. The quantitative estimate of drug-likeness (QED) is 0.300. The summed E-state index contributed by atoms with van der Waals surface area (Å²) in [6.07, 6.45) is 0. The van der Waals surface area contributed by atoms with E-state index in [9.17, 15) is 13.2 Å². The number of halogens is 1. The molecule has 38 heavy (non-hydrogen) atoms. The van der Waals surface area contributed by atoms with E-state index in [1.165, 1.54) is 24.3 Å². The smallest absolute Gasteiger partial charge is 0.264 e. The number of nitrogens with one attached hydrogen (secondary N) is 1. The molecule has 0 bridgehead atoms. The normalized spacial score (nSPS) is 12.2. The lowest BCUT2D eigenvalue weighted by molar-refractivity contribution is -0.120. The number of hydrogen-bond donors (Lipinski definition) is 1. The first-order valence-electron chi connectivity index (χ1n) is 12.5. The molecule has 1 N–H and O–H groups in total. The summed E-state index contributed by atoms with van der Waals surface area (Å²) < 4.78 is 39.9. The molecule has 0 aliphatic heterocycles. The van der Waals surface area contributed by atoms with E-state index in [2.05, 4.69) is 19.2 Å². The van der Waals surface area contributed by atoms with Crippen LogP contribution in [0, 0.1) is 6.92 Å². The summed E-state index contributed by atoms with van der Waals surface area (Å²) in [6.45, 7) is 9.70. The first-order valence-corrected chi connectivity index (χ1v) is 14.3. The number of hydrogen-bond acceptors (Lipinski definition) is 5. The molecular weight excluding hydrogens is 524 g/mol. The Bertz CT molecular complexity index is 1370. The fourth-order valence-electron chi connectivity index (χ4n) is 4.28. The van der Waals surface area contributed by atoms with Gasteiger partial charge in [-0.25, -0.2) is 8.42 Å². The average Bonchev–Trinajstić information content (AvgIpc) is 2.87. The van der Waals surface area contributed by atoms with Crippen LogP contribution in [-0.4, -0.2) is 34.6 Å². The number of sulfonamides is 1. The summed E-state index contributed by atoms with van der Waals surface area (Å²) in [5, 5.41) is 3.39. The van der Waals surface area contributed by atoms with Gasteiger partial charge in [0.25, 0.3) is 10.0 Å². The van der Waals surface area contributed by atoms with Crippen molar-refractivity contribution in [1.29, 1.82) is 0 Å². The molecule has 1 amide bonds. The van der Waals surface area contributed by atoms with Gasteiger partial charge in [0.2, 0.25) is 5.91 Å². The Hall–Kier alpha value is -3.23. The van der Waals surface area contributed by atoms with E-state index in [0.717, 1.165) is 26.7 Å². The Morgan fingerprint density at radius 1 is 1.00 bits per heavy atom. The lowest BCUT2D eigenvalue weighted by atomic mass is 9.93. The highest BCUT2D eigenvalue weighted by Gasteiger charge is 2.30. The van der Waals surface area contributed by atoms with Gasteiger partial charge in [-0.05, 0) is 91.9 Å². The maximum atomic E-state index is 13.8. The van der Waals surface area contributed by atoms with E-state index < -0.39 is 22.5 Å². The van der Waals surface area contributed by atoms with Crippen LogP contribution in [0.4, 0.5) is 5.69 Å². The lowest BCUT2D eigenvalue weighted by Gasteiger charge is -2.27. The van der Waals surface area contributed by atoms with Gasteiger partial charge in [0.1, 0.15) is 18.0 Å². The van der Waals surface area contributed by atoms with Crippen molar-refractivity contribution in [1.82, 2.24) is 5.32 Å². The second-order valence-corrected chi connectivity index (χ2v) is 11.6. The van der Waals surface area contributed by atoms with Gasteiger partial charge in [-0.1, -0.05) is 37.6 Å². The highest BCUT2D eigenvalue weighted by molar-refractivity contribution is 7.92. The molecule has 0 aliphatic rings. The Balaban J connectivity index is 1.97. The van der Waals surface area contributed by atoms with Crippen molar-refractivity contribution < 1.29 is 22.7 Å². The van der Waals surface area contributed by atoms with Crippen LogP contribution < -0.4 is 19.1 Å². The van der Waals surface area contributed by atoms with Crippen molar-refractivity contribution in [3.63, 3.8) is 0 Å². The van der Waals surface area contributed by atoms with Crippen molar-refractivity contribution >= 4 is 33.2 Å². The van der Waals surface area contributed by atoms with Gasteiger partial charge < -0.3 is 14.8 Å².